The minimum Gasteiger partial charge on any atom is -0.312 e. The van der Waals surface area contributed by atoms with E-state index in [1.54, 1.807) is 11.3 Å². The number of hydrogen-bond acceptors (Lipinski definition) is 4. The fourth-order valence-corrected chi connectivity index (χ4v) is 3.42. The van der Waals surface area contributed by atoms with Crippen LogP contribution in [0.4, 0.5) is 0 Å². The summed E-state index contributed by atoms with van der Waals surface area (Å²) >= 11 is 1.77. The number of thiazole rings is 1. The first-order valence-corrected chi connectivity index (χ1v) is 8.13. The third-order valence-corrected chi connectivity index (χ3v) is 4.36. The SMILES string of the molecule is CCNCc1sc(-c2ncccc2CC)nc1C(C)C. The molecule has 0 aliphatic rings. The Morgan fingerprint density at radius 3 is 2.75 bits per heavy atom. The molecule has 0 fully saturated rings. The van der Waals surface area contributed by atoms with Gasteiger partial charge in [-0.05, 0) is 30.5 Å². The van der Waals surface area contributed by atoms with Crippen LogP contribution in [0.25, 0.3) is 10.7 Å². The van der Waals surface area contributed by atoms with E-state index in [0.29, 0.717) is 5.92 Å². The summed E-state index contributed by atoms with van der Waals surface area (Å²) in [6.45, 7) is 10.6. The van der Waals surface area contributed by atoms with Crippen molar-refractivity contribution in [1.29, 1.82) is 0 Å². The van der Waals surface area contributed by atoms with Gasteiger partial charge in [-0.15, -0.1) is 11.3 Å². The highest BCUT2D eigenvalue weighted by Gasteiger charge is 2.17. The normalized spacial score (nSPS) is 11.2. The molecule has 0 saturated carbocycles. The van der Waals surface area contributed by atoms with Gasteiger partial charge in [0.25, 0.3) is 0 Å². The van der Waals surface area contributed by atoms with Crippen LogP contribution in [0.1, 0.15) is 49.7 Å². The lowest BCUT2D eigenvalue weighted by Gasteiger charge is -2.04. The first kappa shape index (κ1) is 15.1. The molecular formula is C16H23N3S. The Labute approximate surface area is 125 Å². The van der Waals surface area contributed by atoms with Crippen molar-refractivity contribution in [2.75, 3.05) is 6.54 Å². The van der Waals surface area contributed by atoms with Crippen LogP contribution in [0, 0.1) is 0 Å². The van der Waals surface area contributed by atoms with Crippen molar-refractivity contribution in [3.05, 3.63) is 34.5 Å². The molecule has 0 unspecified atom stereocenters. The maximum atomic E-state index is 4.86. The molecule has 0 aliphatic heterocycles. The zero-order valence-corrected chi connectivity index (χ0v) is 13.5. The Bertz CT molecular complexity index is 561. The summed E-state index contributed by atoms with van der Waals surface area (Å²) in [4.78, 5) is 10.7. The summed E-state index contributed by atoms with van der Waals surface area (Å²) in [6.07, 6.45) is 2.84. The smallest absolute Gasteiger partial charge is 0.142 e. The van der Waals surface area contributed by atoms with Gasteiger partial charge in [-0.1, -0.05) is 33.8 Å². The molecule has 108 valence electrons. The van der Waals surface area contributed by atoms with Gasteiger partial charge < -0.3 is 5.32 Å². The van der Waals surface area contributed by atoms with Crippen molar-refractivity contribution in [2.45, 2.75) is 46.6 Å². The lowest BCUT2D eigenvalue weighted by Crippen LogP contribution is -2.12. The van der Waals surface area contributed by atoms with Gasteiger partial charge in [-0.2, -0.15) is 0 Å². The summed E-state index contributed by atoms with van der Waals surface area (Å²) in [7, 11) is 0. The molecule has 4 heteroatoms. The van der Waals surface area contributed by atoms with Crippen molar-refractivity contribution in [3.8, 4) is 10.7 Å². The minimum atomic E-state index is 0.447. The maximum Gasteiger partial charge on any atom is 0.142 e. The van der Waals surface area contributed by atoms with Crippen LogP contribution in [-0.4, -0.2) is 16.5 Å². The maximum absolute atomic E-state index is 4.86. The van der Waals surface area contributed by atoms with E-state index in [2.05, 4.69) is 44.1 Å². The summed E-state index contributed by atoms with van der Waals surface area (Å²) in [5.74, 6) is 0.447. The van der Waals surface area contributed by atoms with E-state index in [-0.39, 0.29) is 0 Å². The summed E-state index contributed by atoms with van der Waals surface area (Å²) < 4.78 is 0. The van der Waals surface area contributed by atoms with Crippen LogP contribution in [0.15, 0.2) is 18.3 Å². The molecule has 0 aliphatic carbocycles. The lowest BCUT2D eigenvalue weighted by molar-refractivity contribution is 0.714. The average Bonchev–Trinajstić information content (AvgIpc) is 2.89. The van der Waals surface area contributed by atoms with Crippen LogP contribution >= 0.6 is 11.3 Å². The monoisotopic (exact) mass is 289 g/mol. The molecule has 0 spiro atoms. The third-order valence-electron chi connectivity index (χ3n) is 3.28. The molecule has 0 amide bonds. The van der Waals surface area contributed by atoms with Crippen molar-refractivity contribution < 1.29 is 0 Å². The predicted molar refractivity (Wildman–Crippen MR) is 86.2 cm³/mol. The molecule has 0 aromatic carbocycles. The molecule has 20 heavy (non-hydrogen) atoms. The van der Waals surface area contributed by atoms with Crippen molar-refractivity contribution in [2.24, 2.45) is 0 Å². The third kappa shape index (κ3) is 3.25. The number of pyridine rings is 1. The summed E-state index contributed by atoms with van der Waals surface area (Å²) in [5.41, 5.74) is 3.52. The lowest BCUT2D eigenvalue weighted by atomic mass is 10.1. The van der Waals surface area contributed by atoms with Gasteiger partial charge in [-0.3, -0.25) is 4.98 Å². The number of aryl methyl sites for hydroxylation is 1. The van der Waals surface area contributed by atoms with Crippen LogP contribution < -0.4 is 5.32 Å². The van der Waals surface area contributed by atoms with Crippen LogP contribution in [0.3, 0.4) is 0 Å². The number of nitrogens with zero attached hydrogens (tertiary/aromatic N) is 2. The Kier molecular flexibility index (Phi) is 5.26. The van der Waals surface area contributed by atoms with Crippen molar-refractivity contribution >= 4 is 11.3 Å². The molecule has 2 rings (SSSR count). The largest absolute Gasteiger partial charge is 0.312 e. The van der Waals surface area contributed by atoms with Crippen molar-refractivity contribution in [1.82, 2.24) is 15.3 Å². The first-order valence-electron chi connectivity index (χ1n) is 7.31. The van der Waals surface area contributed by atoms with E-state index in [4.69, 9.17) is 4.98 Å². The molecule has 0 radical (unpaired) electrons. The van der Waals surface area contributed by atoms with Gasteiger partial charge in [0.15, 0.2) is 0 Å². The second-order valence-corrected chi connectivity index (χ2v) is 6.21. The van der Waals surface area contributed by atoms with Gasteiger partial charge in [-0.25, -0.2) is 4.98 Å². The fraction of sp³-hybridized carbons (Fsp3) is 0.500. The first-order chi connectivity index (χ1) is 9.67. The van der Waals surface area contributed by atoms with Crippen LogP contribution in [0.5, 0.6) is 0 Å². The Balaban J connectivity index is 2.42. The molecule has 1 N–H and O–H groups in total. The predicted octanol–water partition coefficient (Wildman–Crippen LogP) is 4.00. The Morgan fingerprint density at radius 2 is 2.10 bits per heavy atom. The topological polar surface area (TPSA) is 37.8 Å². The van der Waals surface area contributed by atoms with Gasteiger partial charge in [0.05, 0.1) is 5.69 Å². The van der Waals surface area contributed by atoms with Crippen LogP contribution in [0.2, 0.25) is 0 Å². The van der Waals surface area contributed by atoms with E-state index < -0.39 is 0 Å². The van der Waals surface area contributed by atoms with E-state index >= 15 is 0 Å². The molecule has 2 heterocycles. The zero-order valence-electron chi connectivity index (χ0n) is 12.7. The standard InChI is InChI=1S/C16H23N3S/c1-5-12-8-7-9-18-15(12)16-19-14(11(3)4)13(20-16)10-17-6-2/h7-9,11,17H,5-6,10H2,1-4H3. The Morgan fingerprint density at radius 1 is 1.30 bits per heavy atom. The van der Waals surface area contributed by atoms with Gasteiger partial charge in [0.2, 0.25) is 0 Å². The van der Waals surface area contributed by atoms with Gasteiger partial charge >= 0.3 is 0 Å². The fourth-order valence-electron chi connectivity index (χ4n) is 2.20. The van der Waals surface area contributed by atoms with Crippen molar-refractivity contribution in [3.63, 3.8) is 0 Å². The quantitative estimate of drug-likeness (QED) is 0.873. The molecule has 2 aromatic heterocycles. The minimum absolute atomic E-state index is 0.447. The Hall–Kier alpha value is -1.26. The highest BCUT2D eigenvalue weighted by molar-refractivity contribution is 7.15. The number of nitrogens with one attached hydrogen (secondary N) is 1. The molecular weight excluding hydrogens is 266 g/mol. The average molecular weight is 289 g/mol. The molecule has 0 atom stereocenters. The second kappa shape index (κ2) is 6.95. The highest BCUT2D eigenvalue weighted by atomic mass is 32.1. The molecule has 2 aromatic rings. The van der Waals surface area contributed by atoms with E-state index in [9.17, 15) is 0 Å². The van der Waals surface area contributed by atoms with E-state index in [0.717, 1.165) is 30.2 Å². The molecule has 0 bridgehead atoms. The number of rotatable bonds is 6. The second-order valence-electron chi connectivity index (χ2n) is 5.13. The molecule has 0 saturated heterocycles. The zero-order chi connectivity index (χ0) is 14.5. The van der Waals surface area contributed by atoms with E-state index in [1.807, 2.05) is 12.3 Å². The highest BCUT2D eigenvalue weighted by Crippen LogP contribution is 2.32. The summed E-state index contributed by atoms with van der Waals surface area (Å²) in [5, 5.41) is 4.46. The van der Waals surface area contributed by atoms with E-state index in [1.165, 1.54) is 16.1 Å². The van der Waals surface area contributed by atoms with Gasteiger partial charge in [0, 0.05) is 17.6 Å². The summed E-state index contributed by atoms with van der Waals surface area (Å²) in [6, 6.07) is 4.14. The number of aromatic nitrogens is 2. The number of hydrogen-bond donors (Lipinski definition) is 1. The van der Waals surface area contributed by atoms with Crippen LogP contribution in [-0.2, 0) is 13.0 Å². The molecule has 3 nitrogen and oxygen atoms in total. The van der Waals surface area contributed by atoms with Gasteiger partial charge in [0.1, 0.15) is 10.7 Å².